The van der Waals surface area contributed by atoms with Crippen LogP contribution in [0.25, 0.3) is 5.65 Å². The number of hydrogen-bond acceptors (Lipinski definition) is 7. The lowest BCUT2D eigenvalue weighted by atomic mass is 10.2. The zero-order valence-corrected chi connectivity index (χ0v) is 13.3. The summed E-state index contributed by atoms with van der Waals surface area (Å²) in [5, 5.41) is 20.7. The molecule has 1 fully saturated rings. The highest BCUT2D eigenvalue weighted by Gasteiger charge is 2.30. The summed E-state index contributed by atoms with van der Waals surface area (Å²) >= 11 is 0. The van der Waals surface area contributed by atoms with Gasteiger partial charge in [-0.3, -0.25) is 24.2 Å². The second kappa shape index (κ2) is 6.54. The number of piperazine rings is 1. The number of anilines is 1. The fraction of sp³-hybridized carbons (Fsp3) is 0.467. The lowest BCUT2D eigenvalue weighted by Gasteiger charge is -2.37. The van der Waals surface area contributed by atoms with Crippen molar-refractivity contribution >= 4 is 17.2 Å². The number of aromatic nitrogens is 2. The van der Waals surface area contributed by atoms with Gasteiger partial charge in [0.2, 0.25) is 5.82 Å². The van der Waals surface area contributed by atoms with E-state index in [1.54, 1.807) is 23.1 Å². The molecule has 24 heavy (non-hydrogen) atoms. The van der Waals surface area contributed by atoms with Gasteiger partial charge in [0.15, 0.2) is 0 Å². The lowest BCUT2D eigenvalue weighted by molar-refractivity contribution is -0.385. The average molecular weight is 333 g/mol. The predicted molar refractivity (Wildman–Crippen MR) is 88.5 cm³/mol. The minimum absolute atomic E-state index is 0.0392. The first-order valence-electron chi connectivity index (χ1n) is 7.78. The SMILES string of the molecule is C[C@H](CO)N1CCN(c2nc3ccccn3c(=O)c2[N+](=O)[O-])CC1. The topological polar surface area (TPSA) is 104 Å². The van der Waals surface area contributed by atoms with Gasteiger partial charge in [0, 0.05) is 38.4 Å². The van der Waals surface area contributed by atoms with Gasteiger partial charge >= 0.3 is 11.2 Å². The second-order valence-corrected chi connectivity index (χ2v) is 5.83. The Morgan fingerprint density at radius 2 is 2.04 bits per heavy atom. The molecule has 128 valence electrons. The van der Waals surface area contributed by atoms with Crippen LogP contribution in [-0.4, -0.2) is 63.1 Å². The molecular weight excluding hydrogens is 314 g/mol. The highest BCUT2D eigenvalue weighted by atomic mass is 16.6. The quantitative estimate of drug-likeness (QED) is 0.625. The zero-order chi connectivity index (χ0) is 17.3. The minimum Gasteiger partial charge on any atom is -0.395 e. The van der Waals surface area contributed by atoms with E-state index in [4.69, 9.17) is 0 Å². The predicted octanol–water partition coefficient (Wildman–Crippen LogP) is 0.106. The van der Waals surface area contributed by atoms with Crippen LogP contribution in [0.5, 0.6) is 0 Å². The average Bonchev–Trinajstić information content (AvgIpc) is 2.60. The smallest absolute Gasteiger partial charge is 0.376 e. The van der Waals surface area contributed by atoms with Gasteiger partial charge in [-0.05, 0) is 19.1 Å². The Bertz CT molecular complexity index is 813. The van der Waals surface area contributed by atoms with Gasteiger partial charge in [0.1, 0.15) is 5.65 Å². The number of aliphatic hydroxyl groups excluding tert-OH is 1. The van der Waals surface area contributed by atoms with Crippen molar-refractivity contribution in [3.05, 3.63) is 44.9 Å². The van der Waals surface area contributed by atoms with Crippen LogP contribution in [0.3, 0.4) is 0 Å². The van der Waals surface area contributed by atoms with Crippen LogP contribution >= 0.6 is 0 Å². The van der Waals surface area contributed by atoms with Crippen molar-refractivity contribution in [2.45, 2.75) is 13.0 Å². The molecule has 0 radical (unpaired) electrons. The van der Waals surface area contributed by atoms with E-state index >= 15 is 0 Å². The molecule has 3 heterocycles. The van der Waals surface area contributed by atoms with Crippen LogP contribution in [-0.2, 0) is 0 Å². The molecule has 0 aliphatic carbocycles. The number of rotatable bonds is 4. The third kappa shape index (κ3) is 2.83. The van der Waals surface area contributed by atoms with Gasteiger partial charge in [-0.1, -0.05) is 6.07 Å². The fourth-order valence-electron chi connectivity index (χ4n) is 2.94. The molecule has 3 rings (SSSR count). The maximum Gasteiger partial charge on any atom is 0.376 e. The summed E-state index contributed by atoms with van der Waals surface area (Å²) < 4.78 is 1.19. The molecular formula is C15H19N5O4. The summed E-state index contributed by atoms with van der Waals surface area (Å²) in [6, 6.07) is 5.06. The summed E-state index contributed by atoms with van der Waals surface area (Å²) in [5.41, 5.74) is -0.789. The van der Waals surface area contributed by atoms with Crippen molar-refractivity contribution < 1.29 is 10.0 Å². The minimum atomic E-state index is -0.674. The van der Waals surface area contributed by atoms with Crippen molar-refractivity contribution in [3.63, 3.8) is 0 Å². The molecule has 9 heteroatoms. The maximum absolute atomic E-state index is 12.5. The first kappa shape index (κ1) is 16.3. The number of pyridine rings is 1. The molecule has 0 saturated carbocycles. The molecule has 2 aromatic rings. The third-order valence-electron chi connectivity index (χ3n) is 4.38. The van der Waals surface area contributed by atoms with E-state index in [1.807, 2.05) is 6.92 Å². The lowest BCUT2D eigenvalue weighted by Crippen LogP contribution is -2.51. The van der Waals surface area contributed by atoms with E-state index in [0.29, 0.717) is 31.8 Å². The molecule has 0 unspecified atom stereocenters. The number of hydrogen-bond donors (Lipinski definition) is 1. The van der Waals surface area contributed by atoms with Gasteiger partial charge in [-0.2, -0.15) is 0 Å². The van der Waals surface area contributed by atoms with Crippen LogP contribution in [0.4, 0.5) is 11.5 Å². The Morgan fingerprint density at radius 3 is 2.67 bits per heavy atom. The molecule has 2 aromatic heterocycles. The van der Waals surface area contributed by atoms with Crippen molar-refractivity contribution in [1.29, 1.82) is 0 Å². The number of nitro groups is 1. The molecule has 9 nitrogen and oxygen atoms in total. The molecule has 1 aliphatic heterocycles. The van der Waals surface area contributed by atoms with E-state index in [0.717, 1.165) is 0 Å². The van der Waals surface area contributed by atoms with E-state index in [9.17, 15) is 20.0 Å². The first-order valence-corrected chi connectivity index (χ1v) is 7.78. The monoisotopic (exact) mass is 333 g/mol. The molecule has 1 aliphatic rings. The van der Waals surface area contributed by atoms with Crippen molar-refractivity contribution in [2.75, 3.05) is 37.7 Å². The Kier molecular flexibility index (Phi) is 4.45. The summed E-state index contributed by atoms with van der Waals surface area (Å²) in [4.78, 5) is 31.5. The molecule has 0 spiro atoms. The van der Waals surface area contributed by atoms with Crippen LogP contribution in [0.1, 0.15) is 6.92 Å². The number of nitrogens with zero attached hydrogens (tertiary/aromatic N) is 5. The van der Waals surface area contributed by atoms with Gasteiger partial charge in [0.05, 0.1) is 11.5 Å². The van der Waals surface area contributed by atoms with Crippen LogP contribution in [0.2, 0.25) is 0 Å². The van der Waals surface area contributed by atoms with Crippen molar-refractivity contribution in [2.24, 2.45) is 0 Å². The first-order chi connectivity index (χ1) is 11.5. The third-order valence-corrected chi connectivity index (χ3v) is 4.38. The van der Waals surface area contributed by atoms with Gasteiger partial charge in [-0.15, -0.1) is 0 Å². The molecule has 0 aromatic carbocycles. The molecule has 0 amide bonds. The molecule has 1 saturated heterocycles. The van der Waals surface area contributed by atoms with E-state index in [-0.39, 0.29) is 18.5 Å². The summed E-state index contributed by atoms with van der Waals surface area (Å²) in [6.45, 7) is 4.32. The number of aliphatic hydroxyl groups is 1. The summed E-state index contributed by atoms with van der Waals surface area (Å²) in [5.74, 6) is 0.118. The Labute approximate surface area is 137 Å². The molecule has 1 atom stereocenters. The van der Waals surface area contributed by atoms with Gasteiger partial charge in [-0.25, -0.2) is 4.98 Å². The largest absolute Gasteiger partial charge is 0.395 e. The fourth-order valence-corrected chi connectivity index (χ4v) is 2.94. The number of fused-ring (bicyclic) bond motifs is 1. The van der Waals surface area contributed by atoms with E-state index in [1.165, 1.54) is 10.6 Å². The highest BCUT2D eigenvalue weighted by Crippen LogP contribution is 2.24. The Hall–Kier alpha value is -2.52. The van der Waals surface area contributed by atoms with Crippen molar-refractivity contribution in [1.82, 2.24) is 14.3 Å². The summed E-state index contributed by atoms with van der Waals surface area (Å²) in [7, 11) is 0. The standard InChI is InChI=1S/C15H19N5O4/c1-11(10-21)17-6-8-18(9-7-17)14-13(20(23)24)15(22)19-5-3-2-4-12(19)16-14/h2-5,11,21H,6-10H2,1H3/t11-/m1/s1. The van der Waals surface area contributed by atoms with E-state index in [2.05, 4.69) is 9.88 Å². The highest BCUT2D eigenvalue weighted by molar-refractivity contribution is 5.61. The Morgan fingerprint density at radius 1 is 1.33 bits per heavy atom. The van der Waals surface area contributed by atoms with Gasteiger partial charge in [0.25, 0.3) is 0 Å². The molecule has 0 bridgehead atoms. The normalized spacial score (nSPS) is 17.2. The van der Waals surface area contributed by atoms with Gasteiger partial charge < -0.3 is 10.0 Å². The summed E-state index contributed by atoms with van der Waals surface area (Å²) in [6.07, 6.45) is 1.47. The second-order valence-electron chi connectivity index (χ2n) is 5.83. The zero-order valence-electron chi connectivity index (χ0n) is 13.3. The van der Waals surface area contributed by atoms with Crippen LogP contribution < -0.4 is 10.5 Å². The van der Waals surface area contributed by atoms with Crippen LogP contribution in [0.15, 0.2) is 29.2 Å². The Balaban J connectivity index is 1.99. The van der Waals surface area contributed by atoms with Crippen LogP contribution in [0, 0.1) is 10.1 Å². The maximum atomic E-state index is 12.5. The van der Waals surface area contributed by atoms with E-state index < -0.39 is 16.2 Å². The van der Waals surface area contributed by atoms with Crippen molar-refractivity contribution in [3.8, 4) is 0 Å². The molecule has 1 N–H and O–H groups in total.